The Morgan fingerprint density at radius 2 is 2.12 bits per heavy atom. The van der Waals surface area contributed by atoms with E-state index in [9.17, 15) is 14.6 Å². The second-order valence-electron chi connectivity index (χ2n) is 4.32. The molecule has 0 aromatic carbocycles. The van der Waals surface area contributed by atoms with Gasteiger partial charge in [0.1, 0.15) is 23.8 Å². The Kier molecular flexibility index (Phi) is 5.18. The van der Waals surface area contributed by atoms with Crippen LogP contribution in [0.5, 0.6) is 0 Å². The largest absolute Gasteiger partial charge is 0.390 e. The third-order valence-electron chi connectivity index (χ3n) is 2.58. The van der Waals surface area contributed by atoms with Crippen molar-refractivity contribution in [2.75, 3.05) is 14.1 Å². The van der Waals surface area contributed by atoms with Gasteiger partial charge in [-0.25, -0.2) is 4.39 Å². The summed E-state index contributed by atoms with van der Waals surface area (Å²) in [6.07, 6.45) is -4.44. The Morgan fingerprint density at radius 3 is 2.59 bits per heavy atom. The average molecular weight is 266 g/mol. The van der Waals surface area contributed by atoms with Gasteiger partial charge in [-0.2, -0.15) is 0 Å². The quantitative estimate of drug-likeness (QED) is 0.498. The number of ether oxygens (including phenoxy) is 1. The summed E-state index contributed by atoms with van der Waals surface area (Å²) in [7, 11) is 3.44. The molecule has 1 rings (SSSR count). The number of thioether (sulfide) groups is 1. The lowest BCUT2D eigenvalue weighted by atomic mass is 9.99. The highest BCUT2D eigenvalue weighted by Gasteiger charge is 2.40. The van der Waals surface area contributed by atoms with Gasteiger partial charge < -0.3 is 19.8 Å². The number of hydrogen-bond acceptors (Lipinski definition) is 5. The van der Waals surface area contributed by atoms with Crippen molar-refractivity contribution in [1.82, 2.24) is 4.90 Å². The molecule has 1 fully saturated rings. The molecule has 0 amide bonds. The first-order valence-electron chi connectivity index (χ1n) is 5.41. The predicted molar refractivity (Wildman–Crippen MR) is 64.9 cm³/mol. The molecule has 0 saturated carbocycles. The van der Waals surface area contributed by atoms with E-state index >= 15 is 0 Å². The Morgan fingerprint density at radius 1 is 1.53 bits per heavy atom. The molecule has 1 saturated heterocycles. The summed E-state index contributed by atoms with van der Waals surface area (Å²) in [5.74, 6) is 0. The van der Waals surface area contributed by atoms with Crippen molar-refractivity contribution in [2.24, 2.45) is 0 Å². The van der Waals surface area contributed by atoms with Crippen molar-refractivity contribution in [3.63, 3.8) is 0 Å². The van der Waals surface area contributed by atoms with Gasteiger partial charge in [-0.1, -0.05) is 11.8 Å². The number of nitrogens with zero attached hydrogens (tertiary/aromatic N) is 1. The van der Waals surface area contributed by atoms with E-state index in [4.69, 9.17) is 10.1 Å². The SMILES string of the molecule is C[C@@H](F)[C@H]1O[C@H](SC(=N)N(C)C)C[C@@H](O)[C@@H]1O. The molecule has 100 valence electrons. The van der Waals surface area contributed by atoms with Crippen LogP contribution in [0.15, 0.2) is 0 Å². The number of nitrogens with one attached hydrogen (secondary N) is 1. The monoisotopic (exact) mass is 266 g/mol. The van der Waals surface area contributed by atoms with Gasteiger partial charge in [0.05, 0.1) is 6.10 Å². The topological polar surface area (TPSA) is 76.8 Å². The van der Waals surface area contributed by atoms with Gasteiger partial charge in [0, 0.05) is 20.5 Å². The first-order valence-corrected chi connectivity index (χ1v) is 6.29. The third kappa shape index (κ3) is 3.80. The molecule has 0 bridgehead atoms. The Bertz CT molecular complexity index is 278. The lowest BCUT2D eigenvalue weighted by Crippen LogP contribution is -2.51. The minimum Gasteiger partial charge on any atom is -0.390 e. The number of alkyl halides is 1. The number of aliphatic hydroxyl groups excluding tert-OH is 2. The van der Waals surface area contributed by atoms with Crippen molar-refractivity contribution < 1.29 is 19.3 Å². The molecule has 5 nitrogen and oxygen atoms in total. The van der Waals surface area contributed by atoms with E-state index in [0.717, 1.165) is 11.8 Å². The van der Waals surface area contributed by atoms with Gasteiger partial charge >= 0.3 is 0 Å². The molecule has 0 aliphatic carbocycles. The zero-order chi connectivity index (χ0) is 13.2. The van der Waals surface area contributed by atoms with Crippen LogP contribution in [0.25, 0.3) is 0 Å². The summed E-state index contributed by atoms with van der Waals surface area (Å²) < 4.78 is 18.6. The molecular formula is C10H19FN2O3S. The molecule has 0 aromatic rings. The molecule has 7 heteroatoms. The van der Waals surface area contributed by atoms with Crippen molar-refractivity contribution >= 4 is 16.9 Å². The van der Waals surface area contributed by atoms with E-state index in [1.165, 1.54) is 6.92 Å². The fourth-order valence-corrected chi connectivity index (χ4v) is 2.49. The maximum Gasteiger partial charge on any atom is 0.158 e. The van der Waals surface area contributed by atoms with Gasteiger partial charge in [-0.05, 0) is 6.92 Å². The Balaban J connectivity index is 2.61. The molecule has 1 aliphatic heterocycles. The van der Waals surface area contributed by atoms with Gasteiger partial charge in [-0.3, -0.25) is 5.41 Å². The molecular weight excluding hydrogens is 247 g/mol. The van der Waals surface area contributed by atoms with E-state index in [2.05, 4.69) is 0 Å². The molecule has 0 aromatic heterocycles. The highest BCUT2D eigenvalue weighted by atomic mass is 32.2. The Hall–Kier alpha value is -0.370. The van der Waals surface area contributed by atoms with Crippen LogP contribution in [0, 0.1) is 5.41 Å². The molecule has 0 unspecified atom stereocenters. The summed E-state index contributed by atoms with van der Waals surface area (Å²) in [6, 6.07) is 0. The number of amidine groups is 1. The van der Waals surface area contributed by atoms with Gasteiger partial charge in [0.2, 0.25) is 0 Å². The minimum absolute atomic E-state index is 0.186. The van der Waals surface area contributed by atoms with Crippen LogP contribution in [0.2, 0.25) is 0 Å². The highest BCUT2D eigenvalue weighted by Crippen LogP contribution is 2.30. The van der Waals surface area contributed by atoms with Gasteiger partial charge in [0.25, 0.3) is 0 Å². The lowest BCUT2D eigenvalue weighted by Gasteiger charge is -2.37. The van der Waals surface area contributed by atoms with Crippen LogP contribution in [-0.4, -0.2) is 64.3 Å². The average Bonchev–Trinajstić information content (AvgIpc) is 2.22. The standard InChI is InChI=1S/C10H19FN2O3S/c1-5(11)9-8(15)6(14)4-7(16-9)17-10(12)13(2)3/h5-9,12,14-15H,4H2,1-3H3/t5-,6-,7-,8+,9-/m1/s1. The van der Waals surface area contributed by atoms with E-state index < -0.39 is 29.9 Å². The summed E-state index contributed by atoms with van der Waals surface area (Å²) in [5, 5.41) is 27.1. The van der Waals surface area contributed by atoms with Gasteiger partial charge in [-0.15, -0.1) is 0 Å². The number of aliphatic hydroxyl groups is 2. The minimum atomic E-state index is -1.36. The summed E-state index contributed by atoms with van der Waals surface area (Å²) in [5.41, 5.74) is -0.508. The first kappa shape index (κ1) is 14.7. The summed E-state index contributed by atoms with van der Waals surface area (Å²) in [4.78, 5) is 1.60. The van der Waals surface area contributed by atoms with Crippen molar-refractivity contribution in [3.05, 3.63) is 0 Å². The maximum absolute atomic E-state index is 13.2. The van der Waals surface area contributed by atoms with Crippen LogP contribution in [0.3, 0.4) is 0 Å². The Labute approximate surface area is 104 Å². The van der Waals surface area contributed by atoms with Crippen LogP contribution >= 0.6 is 11.8 Å². The maximum atomic E-state index is 13.2. The third-order valence-corrected chi connectivity index (χ3v) is 3.73. The van der Waals surface area contributed by atoms with Crippen LogP contribution < -0.4 is 0 Å². The van der Waals surface area contributed by atoms with Crippen LogP contribution in [0.1, 0.15) is 13.3 Å². The molecule has 3 N–H and O–H groups in total. The van der Waals surface area contributed by atoms with E-state index in [1.807, 2.05) is 0 Å². The normalized spacial score (nSPS) is 35.4. The molecule has 0 radical (unpaired) electrons. The number of rotatable bonds is 2. The summed E-state index contributed by atoms with van der Waals surface area (Å²) >= 11 is 1.10. The highest BCUT2D eigenvalue weighted by molar-refractivity contribution is 8.14. The second-order valence-corrected chi connectivity index (χ2v) is 5.47. The van der Waals surface area contributed by atoms with Crippen molar-refractivity contribution in [1.29, 1.82) is 5.41 Å². The van der Waals surface area contributed by atoms with E-state index in [0.29, 0.717) is 0 Å². The molecule has 0 spiro atoms. The second kappa shape index (κ2) is 5.99. The zero-order valence-corrected chi connectivity index (χ0v) is 10.9. The van der Waals surface area contributed by atoms with Crippen LogP contribution in [0.4, 0.5) is 4.39 Å². The van der Waals surface area contributed by atoms with E-state index in [1.54, 1.807) is 19.0 Å². The number of halogens is 1. The lowest BCUT2D eigenvalue weighted by molar-refractivity contribution is -0.163. The van der Waals surface area contributed by atoms with Crippen LogP contribution in [-0.2, 0) is 4.74 Å². The fraction of sp³-hybridized carbons (Fsp3) is 0.900. The van der Waals surface area contributed by atoms with E-state index in [-0.39, 0.29) is 11.6 Å². The zero-order valence-electron chi connectivity index (χ0n) is 10.1. The summed E-state index contributed by atoms with van der Waals surface area (Å²) in [6.45, 7) is 1.28. The smallest absolute Gasteiger partial charge is 0.158 e. The van der Waals surface area contributed by atoms with Gasteiger partial charge in [0.15, 0.2) is 5.17 Å². The molecule has 17 heavy (non-hydrogen) atoms. The number of hydrogen-bond donors (Lipinski definition) is 3. The fourth-order valence-electron chi connectivity index (χ4n) is 1.55. The predicted octanol–water partition coefficient (Wildman–Crippen LogP) is 0.411. The molecule has 5 atom stereocenters. The van der Waals surface area contributed by atoms with Crippen molar-refractivity contribution in [3.8, 4) is 0 Å². The molecule has 1 aliphatic rings. The molecule has 1 heterocycles. The first-order chi connectivity index (χ1) is 7.82. The van der Waals surface area contributed by atoms with Crippen molar-refractivity contribution in [2.45, 2.75) is 43.3 Å².